The topological polar surface area (TPSA) is 16.1 Å². The maximum Gasteiger partial charge on any atom is 0.132 e. The Morgan fingerprint density at radius 1 is 1.38 bits per heavy atom. The highest BCUT2D eigenvalue weighted by Crippen LogP contribution is 2.22. The first-order valence-corrected chi connectivity index (χ1v) is 4.80. The molecule has 1 aromatic rings. The Morgan fingerprint density at radius 2 is 2.00 bits per heavy atom. The van der Waals surface area contributed by atoms with Crippen molar-refractivity contribution in [3.05, 3.63) is 22.9 Å². The first-order chi connectivity index (χ1) is 6.06. The molecule has 0 aliphatic heterocycles. The zero-order valence-corrected chi connectivity index (χ0v) is 9.31. The number of alkyl halides is 1. The molecular weight excluding hydrogens is 184 g/mol. The van der Waals surface area contributed by atoms with E-state index in [4.69, 9.17) is 11.6 Å². The molecule has 72 valence electrons. The van der Waals surface area contributed by atoms with Crippen molar-refractivity contribution in [1.82, 2.24) is 4.98 Å². The normalized spacial score (nSPS) is 10.2. The van der Waals surface area contributed by atoms with E-state index in [1.54, 1.807) is 0 Å². The van der Waals surface area contributed by atoms with Crippen molar-refractivity contribution in [2.24, 2.45) is 0 Å². The number of halogens is 1. The highest BCUT2D eigenvalue weighted by molar-refractivity contribution is 6.17. The average Bonchev–Trinajstić information content (AvgIpc) is 2.02. The van der Waals surface area contributed by atoms with Crippen LogP contribution in [0.15, 0.2) is 6.07 Å². The third-order valence-electron chi connectivity index (χ3n) is 2.01. The van der Waals surface area contributed by atoms with E-state index in [1.807, 2.05) is 25.9 Å². The van der Waals surface area contributed by atoms with Gasteiger partial charge in [-0.25, -0.2) is 4.98 Å². The molecule has 1 rings (SSSR count). The third kappa shape index (κ3) is 2.13. The van der Waals surface area contributed by atoms with Crippen molar-refractivity contribution in [2.45, 2.75) is 19.7 Å². The van der Waals surface area contributed by atoms with E-state index in [-0.39, 0.29) is 0 Å². The summed E-state index contributed by atoms with van der Waals surface area (Å²) in [6, 6.07) is 2.06. The minimum atomic E-state index is 0.520. The summed E-state index contributed by atoms with van der Waals surface area (Å²) in [6.07, 6.45) is 0. The lowest BCUT2D eigenvalue weighted by molar-refractivity contribution is 1.01. The number of nitrogens with zero attached hydrogens (tertiary/aromatic N) is 2. The predicted molar refractivity (Wildman–Crippen MR) is 57.6 cm³/mol. The van der Waals surface area contributed by atoms with Gasteiger partial charge in [0, 0.05) is 25.4 Å². The fraction of sp³-hybridized carbons (Fsp3) is 0.500. The lowest BCUT2D eigenvalue weighted by Gasteiger charge is -2.17. The number of anilines is 1. The van der Waals surface area contributed by atoms with E-state index in [1.165, 1.54) is 5.56 Å². The van der Waals surface area contributed by atoms with E-state index in [0.717, 1.165) is 17.1 Å². The van der Waals surface area contributed by atoms with Crippen LogP contribution >= 0.6 is 11.6 Å². The first kappa shape index (κ1) is 10.3. The quantitative estimate of drug-likeness (QED) is 0.679. The Labute approximate surface area is 84.5 Å². The van der Waals surface area contributed by atoms with Gasteiger partial charge in [-0.15, -0.1) is 11.6 Å². The zero-order chi connectivity index (χ0) is 10.0. The Kier molecular flexibility index (Phi) is 3.15. The molecule has 0 amide bonds. The molecule has 0 radical (unpaired) electrons. The SMILES string of the molecule is Cc1cc(C)c(CCl)c(N(C)C)n1. The number of pyridine rings is 1. The maximum atomic E-state index is 5.87. The molecule has 2 nitrogen and oxygen atoms in total. The molecule has 0 bridgehead atoms. The molecule has 0 fully saturated rings. The summed E-state index contributed by atoms with van der Waals surface area (Å²) >= 11 is 5.87. The van der Waals surface area contributed by atoms with E-state index < -0.39 is 0 Å². The summed E-state index contributed by atoms with van der Waals surface area (Å²) in [6.45, 7) is 4.07. The van der Waals surface area contributed by atoms with Crippen molar-refractivity contribution in [3.8, 4) is 0 Å². The molecule has 0 N–H and O–H groups in total. The number of rotatable bonds is 2. The van der Waals surface area contributed by atoms with Gasteiger partial charge in [-0.2, -0.15) is 0 Å². The van der Waals surface area contributed by atoms with Crippen LogP contribution < -0.4 is 4.90 Å². The van der Waals surface area contributed by atoms with Gasteiger partial charge >= 0.3 is 0 Å². The Morgan fingerprint density at radius 3 is 2.46 bits per heavy atom. The monoisotopic (exact) mass is 198 g/mol. The van der Waals surface area contributed by atoms with Gasteiger partial charge < -0.3 is 4.90 Å². The van der Waals surface area contributed by atoms with Crippen LogP contribution in [-0.2, 0) is 5.88 Å². The van der Waals surface area contributed by atoms with Crippen LogP contribution in [-0.4, -0.2) is 19.1 Å². The number of aryl methyl sites for hydroxylation is 2. The van der Waals surface area contributed by atoms with Gasteiger partial charge in [-0.3, -0.25) is 0 Å². The van der Waals surface area contributed by atoms with E-state index >= 15 is 0 Å². The highest BCUT2D eigenvalue weighted by Gasteiger charge is 2.08. The largest absolute Gasteiger partial charge is 0.362 e. The van der Waals surface area contributed by atoms with Gasteiger partial charge in [0.05, 0.1) is 5.88 Å². The van der Waals surface area contributed by atoms with Crippen molar-refractivity contribution in [2.75, 3.05) is 19.0 Å². The fourth-order valence-electron chi connectivity index (χ4n) is 1.38. The van der Waals surface area contributed by atoms with Gasteiger partial charge in [-0.05, 0) is 25.5 Å². The standard InChI is InChI=1S/C10H15ClN2/c1-7-5-8(2)12-10(13(3)4)9(7)6-11/h5H,6H2,1-4H3. The zero-order valence-electron chi connectivity index (χ0n) is 8.56. The van der Waals surface area contributed by atoms with E-state index in [2.05, 4.69) is 18.0 Å². The van der Waals surface area contributed by atoms with Crippen LogP contribution in [0.25, 0.3) is 0 Å². The molecule has 0 spiro atoms. The molecule has 0 aromatic carbocycles. The minimum Gasteiger partial charge on any atom is -0.362 e. The maximum absolute atomic E-state index is 5.87. The highest BCUT2D eigenvalue weighted by atomic mass is 35.5. The summed E-state index contributed by atoms with van der Waals surface area (Å²) in [5.41, 5.74) is 3.37. The van der Waals surface area contributed by atoms with Gasteiger partial charge in [0.25, 0.3) is 0 Å². The number of hydrogen-bond donors (Lipinski definition) is 0. The molecule has 0 aliphatic carbocycles. The van der Waals surface area contributed by atoms with Gasteiger partial charge in [0.1, 0.15) is 5.82 Å². The minimum absolute atomic E-state index is 0.520. The van der Waals surface area contributed by atoms with Crippen molar-refractivity contribution in [1.29, 1.82) is 0 Å². The van der Waals surface area contributed by atoms with Crippen molar-refractivity contribution < 1.29 is 0 Å². The number of aromatic nitrogens is 1. The molecule has 1 heterocycles. The molecule has 0 saturated heterocycles. The van der Waals surface area contributed by atoms with Crippen molar-refractivity contribution >= 4 is 17.4 Å². The van der Waals surface area contributed by atoms with Crippen LogP contribution in [0, 0.1) is 13.8 Å². The molecule has 13 heavy (non-hydrogen) atoms. The predicted octanol–water partition coefficient (Wildman–Crippen LogP) is 2.50. The van der Waals surface area contributed by atoms with Crippen molar-refractivity contribution in [3.63, 3.8) is 0 Å². The van der Waals surface area contributed by atoms with Crippen LogP contribution in [0.2, 0.25) is 0 Å². The summed E-state index contributed by atoms with van der Waals surface area (Å²) in [4.78, 5) is 6.44. The summed E-state index contributed by atoms with van der Waals surface area (Å²) in [7, 11) is 3.97. The molecule has 0 aliphatic rings. The number of hydrogen-bond acceptors (Lipinski definition) is 2. The third-order valence-corrected chi connectivity index (χ3v) is 2.28. The molecule has 0 atom stereocenters. The smallest absolute Gasteiger partial charge is 0.132 e. The summed E-state index contributed by atoms with van der Waals surface area (Å²) < 4.78 is 0. The first-order valence-electron chi connectivity index (χ1n) is 4.26. The Balaban J connectivity index is 3.29. The average molecular weight is 199 g/mol. The van der Waals surface area contributed by atoms with Crippen LogP contribution in [0.3, 0.4) is 0 Å². The Bertz CT molecular complexity index is 308. The lowest BCUT2D eigenvalue weighted by atomic mass is 10.1. The molecular formula is C10H15ClN2. The second kappa shape index (κ2) is 3.97. The molecule has 0 unspecified atom stereocenters. The summed E-state index contributed by atoms with van der Waals surface area (Å²) in [5, 5.41) is 0. The second-order valence-electron chi connectivity index (χ2n) is 3.41. The van der Waals surface area contributed by atoms with Gasteiger partial charge in [0.15, 0.2) is 0 Å². The van der Waals surface area contributed by atoms with Crippen LogP contribution in [0.5, 0.6) is 0 Å². The lowest BCUT2D eigenvalue weighted by Crippen LogP contribution is -2.14. The Hall–Kier alpha value is -0.760. The van der Waals surface area contributed by atoms with E-state index in [0.29, 0.717) is 5.88 Å². The van der Waals surface area contributed by atoms with Gasteiger partial charge in [0.2, 0.25) is 0 Å². The second-order valence-corrected chi connectivity index (χ2v) is 3.68. The molecule has 1 aromatic heterocycles. The molecule has 0 saturated carbocycles. The molecule has 3 heteroatoms. The van der Waals surface area contributed by atoms with Crippen LogP contribution in [0.1, 0.15) is 16.8 Å². The summed E-state index contributed by atoms with van der Waals surface area (Å²) in [5.74, 6) is 1.50. The fourth-order valence-corrected chi connectivity index (χ4v) is 1.71. The van der Waals surface area contributed by atoms with Crippen LogP contribution in [0.4, 0.5) is 5.82 Å². The van der Waals surface area contributed by atoms with E-state index in [9.17, 15) is 0 Å². The van der Waals surface area contributed by atoms with Gasteiger partial charge in [-0.1, -0.05) is 0 Å².